The summed E-state index contributed by atoms with van der Waals surface area (Å²) in [6.07, 6.45) is 3.33. The summed E-state index contributed by atoms with van der Waals surface area (Å²) < 4.78 is 5.28. The molecule has 2 aromatic rings. The van der Waals surface area contributed by atoms with E-state index in [4.69, 9.17) is 39.5 Å². The van der Waals surface area contributed by atoms with Crippen molar-refractivity contribution in [3.8, 4) is 0 Å². The molecule has 2 aliphatic rings. The Morgan fingerprint density at radius 1 is 0.886 bits per heavy atom. The molecule has 2 aliphatic heterocycles. The minimum atomic E-state index is -0.388. The average molecular weight is 541 g/mol. The van der Waals surface area contributed by atoms with E-state index in [1.807, 2.05) is 51.1 Å². The Labute approximate surface area is 224 Å². The molecule has 0 saturated carbocycles. The molecule has 0 N–H and O–H groups in total. The number of ether oxygens (including phenoxy) is 1. The first-order valence-electron chi connectivity index (χ1n) is 12.2. The molecule has 2 fully saturated rings. The maximum atomic E-state index is 11.6. The fourth-order valence-corrected chi connectivity index (χ4v) is 4.94. The van der Waals surface area contributed by atoms with Crippen molar-refractivity contribution in [2.45, 2.75) is 51.7 Å². The Kier molecular flexibility index (Phi) is 10.00. The molecule has 192 valence electrons. The molecular formula is C27H36Cl3N3O2. The quantitative estimate of drug-likeness (QED) is 0.394. The first kappa shape index (κ1) is 27.9. The molecule has 35 heavy (non-hydrogen) atoms. The SMILES string of the molecule is CN1CCN(C(=O)OC(C)(C)C)CC1.Clc1ccc(N2CCCCC2c2ccc(Cl)cc2Cl)cc1. The highest BCUT2D eigenvalue weighted by molar-refractivity contribution is 6.35. The number of carbonyl (C=O) groups is 1. The van der Waals surface area contributed by atoms with E-state index in [1.165, 1.54) is 18.5 Å². The number of piperidine rings is 1. The number of piperazine rings is 1. The van der Waals surface area contributed by atoms with Crippen LogP contribution < -0.4 is 4.90 Å². The van der Waals surface area contributed by atoms with Crippen molar-refractivity contribution in [2.75, 3.05) is 44.7 Å². The third-order valence-corrected chi connectivity index (χ3v) is 6.95. The Morgan fingerprint density at radius 2 is 1.51 bits per heavy atom. The van der Waals surface area contributed by atoms with Crippen LogP contribution in [-0.2, 0) is 4.74 Å². The second kappa shape index (κ2) is 12.5. The standard InChI is InChI=1S/C17H16Cl3N.C10H20N2O2/c18-12-4-7-14(8-5-12)21-10-2-1-3-17(21)15-9-6-13(19)11-16(15)20;1-10(2,3)14-9(13)12-7-5-11(4)6-8-12/h4-9,11,17H,1-3,10H2;5-8H2,1-4H3. The highest BCUT2D eigenvalue weighted by atomic mass is 35.5. The summed E-state index contributed by atoms with van der Waals surface area (Å²) in [5, 5.41) is 2.18. The molecular weight excluding hydrogens is 505 g/mol. The molecule has 1 atom stereocenters. The van der Waals surface area contributed by atoms with E-state index < -0.39 is 0 Å². The number of anilines is 1. The van der Waals surface area contributed by atoms with E-state index in [2.05, 4.69) is 29.0 Å². The molecule has 2 heterocycles. The van der Waals surface area contributed by atoms with Gasteiger partial charge < -0.3 is 19.4 Å². The fraction of sp³-hybridized carbons (Fsp3) is 0.519. The Bertz CT molecular complexity index is 971. The predicted molar refractivity (Wildman–Crippen MR) is 147 cm³/mol. The summed E-state index contributed by atoms with van der Waals surface area (Å²) in [6, 6.07) is 14.1. The zero-order valence-electron chi connectivity index (χ0n) is 21.1. The largest absolute Gasteiger partial charge is 0.444 e. The molecule has 2 aromatic carbocycles. The van der Waals surface area contributed by atoms with Crippen molar-refractivity contribution in [3.05, 3.63) is 63.1 Å². The third-order valence-electron chi connectivity index (χ3n) is 6.14. The lowest BCUT2D eigenvalue weighted by Gasteiger charge is -2.38. The van der Waals surface area contributed by atoms with Gasteiger partial charge in [0.25, 0.3) is 0 Å². The van der Waals surface area contributed by atoms with E-state index in [1.54, 1.807) is 4.90 Å². The average Bonchev–Trinajstić information content (AvgIpc) is 2.79. The van der Waals surface area contributed by atoms with E-state index >= 15 is 0 Å². The predicted octanol–water partition coefficient (Wildman–Crippen LogP) is 7.55. The van der Waals surface area contributed by atoms with E-state index in [0.29, 0.717) is 11.1 Å². The third kappa shape index (κ3) is 8.45. The second-order valence-corrected chi connectivity index (χ2v) is 11.4. The van der Waals surface area contributed by atoms with Gasteiger partial charge in [0.15, 0.2) is 0 Å². The fourth-order valence-electron chi connectivity index (χ4n) is 4.28. The van der Waals surface area contributed by atoms with Crippen molar-refractivity contribution < 1.29 is 9.53 Å². The van der Waals surface area contributed by atoms with Gasteiger partial charge >= 0.3 is 6.09 Å². The summed E-state index contributed by atoms with van der Waals surface area (Å²) in [4.78, 5) is 18.0. The van der Waals surface area contributed by atoms with Gasteiger partial charge in [0.1, 0.15) is 5.60 Å². The topological polar surface area (TPSA) is 36.0 Å². The van der Waals surface area contributed by atoms with Crippen LogP contribution in [0.1, 0.15) is 51.6 Å². The minimum Gasteiger partial charge on any atom is -0.444 e. The normalized spacial score (nSPS) is 19.1. The number of amides is 1. The van der Waals surface area contributed by atoms with Gasteiger partial charge in [-0.05, 0) is 89.0 Å². The Morgan fingerprint density at radius 3 is 2.11 bits per heavy atom. The Hall–Kier alpha value is -1.66. The summed E-state index contributed by atoms with van der Waals surface area (Å²) in [5.41, 5.74) is 1.95. The molecule has 0 aromatic heterocycles. The zero-order valence-corrected chi connectivity index (χ0v) is 23.3. The number of halogens is 3. The van der Waals surface area contributed by atoms with Crippen molar-refractivity contribution in [3.63, 3.8) is 0 Å². The van der Waals surface area contributed by atoms with Gasteiger partial charge in [-0.2, -0.15) is 0 Å². The van der Waals surface area contributed by atoms with Gasteiger partial charge in [0.05, 0.1) is 6.04 Å². The number of benzene rings is 2. The number of rotatable bonds is 2. The van der Waals surface area contributed by atoms with Gasteiger partial charge in [-0.1, -0.05) is 40.9 Å². The molecule has 1 amide bonds. The van der Waals surface area contributed by atoms with Crippen molar-refractivity contribution >= 4 is 46.6 Å². The number of nitrogens with zero attached hydrogens (tertiary/aromatic N) is 3. The molecule has 4 rings (SSSR count). The maximum Gasteiger partial charge on any atom is 0.410 e. The summed E-state index contributed by atoms with van der Waals surface area (Å²) >= 11 is 18.4. The van der Waals surface area contributed by atoms with Crippen molar-refractivity contribution in [1.29, 1.82) is 0 Å². The number of carbonyl (C=O) groups excluding carboxylic acids is 1. The van der Waals surface area contributed by atoms with Gasteiger partial charge in [-0.3, -0.25) is 0 Å². The lowest BCUT2D eigenvalue weighted by atomic mass is 9.94. The summed E-state index contributed by atoms with van der Waals surface area (Å²) in [6.45, 7) is 10.1. The minimum absolute atomic E-state index is 0.189. The summed E-state index contributed by atoms with van der Waals surface area (Å²) in [7, 11) is 2.06. The van der Waals surface area contributed by atoms with Gasteiger partial charge in [-0.25, -0.2) is 4.79 Å². The molecule has 0 bridgehead atoms. The highest BCUT2D eigenvalue weighted by Gasteiger charge is 2.26. The van der Waals surface area contributed by atoms with Crippen LogP contribution in [0.3, 0.4) is 0 Å². The van der Waals surface area contributed by atoms with E-state index in [9.17, 15) is 4.79 Å². The second-order valence-electron chi connectivity index (χ2n) is 10.1. The lowest BCUT2D eigenvalue weighted by Crippen LogP contribution is -2.48. The van der Waals surface area contributed by atoms with Gasteiger partial charge in [-0.15, -0.1) is 0 Å². The number of hydrogen-bond acceptors (Lipinski definition) is 4. The van der Waals surface area contributed by atoms with Gasteiger partial charge in [0.2, 0.25) is 0 Å². The molecule has 0 radical (unpaired) electrons. The first-order chi connectivity index (χ1) is 16.5. The first-order valence-corrected chi connectivity index (χ1v) is 13.3. The van der Waals surface area contributed by atoms with Crippen LogP contribution in [0.5, 0.6) is 0 Å². The molecule has 2 saturated heterocycles. The van der Waals surface area contributed by atoms with Crippen LogP contribution in [0.4, 0.5) is 10.5 Å². The highest BCUT2D eigenvalue weighted by Crippen LogP contribution is 2.38. The molecule has 8 heteroatoms. The van der Waals surface area contributed by atoms with Gasteiger partial charge in [0, 0.05) is 53.5 Å². The molecule has 0 spiro atoms. The van der Waals surface area contributed by atoms with Crippen LogP contribution in [0.25, 0.3) is 0 Å². The monoisotopic (exact) mass is 539 g/mol. The number of likely N-dealkylation sites (N-methyl/N-ethyl adjacent to an activating group) is 1. The van der Waals surface area contributed by atoms with Crippen LogP contribution in [0.2, 0.25) is 15.1 Å². The summed E-state index contributed by atoms with van der Waals surface area (Å²) in [5.74, 6) is 0. The zero-order chi connectivity index (χ0) is 25.6. The van der Waals surface area contributed by atoms with Crippen LogP contribution in [0.15, 0.2) is 42.5 Å². The maximum absolute atomic E-state index is 11.6. The van der Waals surface area contributed by atoms with Crippen molar-refractivity contribution in [1.82, 2.24) is 9.80 Å². The smallest absolute Gasteiger partial charge is 0.410 e. The van der Waals surface area contributed by atoms with E-state index in [-0.39, 0.29) is 11.7 Å². The molecule has 1 unspecified atom stereocenters. The molecule has 0 aliphatic carbocycles. The lowest BCUT2D eigenvalue weighted by molar-refractivity contribution is 0.0164. The molecule has 5 nitrogen and oxygen atoms in total. The van der Waals surface area contributed by atoms with Crippen molar-refractivity contribution in [2.24, 2.45) is 0 Å². The van der Waals surface area contributed by atoms with Crippen LogP contribution in [-0.4, -0.2) is 61.3 Å². The van der Waals surface area contributed by atoms with Crippen LogP contribution >= 0.6 is 34.8 Å². The van der Waals surface area contributed by atoms with E-state index in [0.717, 1.165) is 54.8 Å². The number of hydrogen-bond donors (Lipinski definition) is 0. The van der Waals surface area contributed by atoms with Crippen LogP contribution in [0, 0.1) is 0 Å². The Balaban J connectivity index is 0.000000214.